The summed E-state index contributed by atoms with van der Waals surface area (Å²) in [5, 5.41) is 11.0. The standard InChI is InChI=1S/C13H11ClN2O3S/c14-13-7-10(15)2-1-9(13)8-20(19)12-5-3-11(4-6-12)16(17)18/h1-7H,8,15H2. The van der Waals surface area contributed by atoms with Gasteiger partial charge in [0.15, 0.2) is 0 Å². The van der Waals surface area contributed by atoms with Gasteiger partial charge in [-0.1, -0.05) is 17.7 Å². The molecule has 0 radical (unpaired) electrons. The molecular formula is C13H11ClN2O3S. The number of halogens is 1. The number of nitrogen functional groups attached to an aromatic ring is 1. The maximum Gasteiger partial charge on any atom is 0.269 e. The molecule has 7 heteroatoms. The first-order valence-electron chi connectivity index (χ1n) is 5.64. The van der Waals surface area contributed by atoms with Crippen LogP contribution in [0.5, 0.6) is 0 Å². The molecule has 0 fully saturated rings. The molecule has 0 spiro atoms. The van der Waals surface area contributed by atoms with Crippen LogP contribution in [0.3, 0.4) is 0 Å². The molecule has 0 aliphatic rings. The molecule has 104 valence electrons. The van der Waals surface area contributed by atoms with Crippen LogP contribution in [0.1, 0.15) is 5.56 Å². The second-order valence-corrected chi connectivity index (χ2v) is 5.95. The second-order valence-electron chi connectivity index (χ2n) is 4.09. The zero-order valence-electron chi connectivity index (χ0n) is 10.3. The Kier molecular flexibility index (Phi) is 4.36. The average Bonchev–Trinajstić information content (AvgIpc) is 2.42. The summed E-state index contributed by atoms with van der Waals surface area (Å²) in [4.78, 5) is 10.6. The molecule has 1 atom stereocenters. The van der Waals surface area contributed by atoms with Crippen LogP contribution in [-0.4, -0.2) is 9.13 Å². The highest BCUT2D eigenvalue weighted by Crippen LogP contribution is 2.23. The van der Waals surface area contributed by atoms with E-state index in [1.165, 1.54) is 24.3 Å². The Balaban J connectivity index is 2.17. The third kappa shape index (κ3) is 3.34. The molecule has 1 unspecified atom stereocenters. The van der Waals surface area contributed by atoms with Crippen LogP contribution in [0.25, 0.3) is 0 Å². The Morgan fingerprint density at radius 3 is 2.40 bits per heavy atom. The fourth-order valence-corrected chi connectivity index (χ4v) is 3.10. The van der Waals surface area contributed by atoms with Crippen molar-refractivity contribution >= 4 is 33.8 Å². The van der Waals surface area contributed by atoms with Gasteiger partial charge in [0, 0.05) is 27.7 Å². The number of anilines is 1. The number of non-ortho nitro benzene ring substituents is 1. The molecule has 0 aliphatic heterocycles. The van der Waals surface area contributed by atoms with Gasteiger partial charge in [-0.05, 0) is 29.8 Å². The molecule has 5 nitrogen and oxygen atoms in total. The van der Waals surface area contributed by atoms with Gasteiger partial charge in [0.2, 0.25) is 0 Å². The summed E-state index contributed by atoms with van der Waals surface area (Å²) in [6.45, 7) is 0. The highest BCUT2D eigenvalue weighted by molar-refractivity contribution is 7.84. The Hall–Kier alpha value is -1.92. The van der Waals surface area contributed by atoms with Crippen LogP contribution in [0, 0.1) is 10.1 Å². The van der Waals surface area contributed by atoms with Crippen LogP contribution < -0.4 is 5.73 Å². The summed E-state index contributed by atoms with van der Waals surface area (Å²) >= 11 is 6.02. The maximum absolute atomic E-state index is 12.2. The predicted octanol–water partition coefficient (Wildman–Crippen LogP) is 3.14. The number of benzene rings is 2. The van der Waals surface area contributed by atoms with Gasteiger partial charge < -0.3 is 5.73 Å². The molecular weight excluding hydrogens is 300 g/mol. The molecule has 2 rings (SSSR count). The first kappa shape index (κ1) is 14.5. The molecule has 0 bridgehead atoms. The van der Waals surface area contributed by atoms with Crippen molar-refractivity contribution in [2.24, 2.45) is 0 Å². The smallest absolute Gasteiger partial charge is 0.269 e. The Bertz CT molecular complexity index is 674. The Morgan fingerprint density at radius 1 is 1.20 bits per heavy atom. The lowest BCUT2D eigenvalue weighted by molar-refractivity contribution is -0.384. The van der Waals surface area contributed by atoms with E-state index in [1.54, 1.807) is 18.2 Å². The Morgan fingerprint density at radius 2 is 1.85 bits per heavy atom. The lowest BCUT2D eigenvalue weighted by Crippen LogP contribution is -1.98. The third-order valence-corrected chi connectivity index (χ3v) is 4.40. The zero-order valence-corrected chi connectivity index (χ0v) is 11.9. The third-order valence-electron chi connectivity index (χ3n) is 2.67. The van der Waals surface area contributed by atoms with E-state index in [1.807, 2.05) is 0 Å². The summed E-state index contributed by atoms with van der Waals surface area (Å²) in [7, 11) is -1.32. The predicted molar refractivity (Wildman–Crippen MR) is 79.1 cm³/mol. The van der Waals surface area contributed by atoms with E-state index in [0.717, 1.165) is 5.56 Å². The zero-order chi connectivity index (χ0) is 14.7. The van der Waals surface area contributed by atoms with Gasteiger partial charge in [0.05, 0.1) is 21.5 Å². The van der Waals surface area contributed by atoms with Crippen LogP contribution in [0.15, 0.2) is 47.4 Å². The molecule has 0 heterocycles. The molecule has 0 amide bonds. The molecule has 20 heavy (non-hydrogen) atoms. The van der Waals surface area contributed by atoms with Crippen molar-refractivity contribution in [2.75, 3.05) is 5.73 Å². The quantitative estimate of drug-likeness (QED) is 0.534. The molecule has 2 aromatic rings. The first-order valence-corrected chi connectivity index (χ1v) is 7.34. The van der Waals surface area contributed by atoms with Crippen molar-refractivity contribution in [3.63, 3.8) is 0 Å². The largest absolute Gasteiger partial charge is 0.399 e. The Labute approximate surface area is 123 Å². The van der Waals surface area contributed by atoms with E-state index >= 15 is 0 Å². The maximum atomic E-state index is 12.2. The molecule has 0 aromatic heterocycles. The summed E-state index contributed by atoms with van der Waals surface area (Å²) in [5.74, 6) is 0.233. The number of nitro groups is 1. The first-order chi connectivity index (χ1) is 9.47. The number of nitrogens with zero attached hydrogens (tertiary/aromatic N) is 1. The summed E-state index contributed by atoms with van der Waals surface area (Å²) in [5.41, 5.74) is 6.82. The van der Waals surface area contributed by atoms with Crippen molar-refractivity contribution in [3.8, 4) is 0 Å². The number of nitrogens with two attached hydrogens (primary N) is 1. The van der Waals surface area contributed by atoms with Crippen molar-refractivity contribution in [3.05, 3.63) is 63.2 Å². The fraction of sp³-hybridized carbons (Fsp3) is 0.0769. The van der Waals surface area contributed by atoms with Gasteiger partial charge in [0.25, 0.3) is 5.69 Å². The topological polar surface area (TPSA) is 86.2 Å². The minimum atomic E-state index is -1.32. The van der Waals surface area contributed by atoms with Crippen molar-refractivity contribution in [2.45, 2.75) is 10.6 Å². The van der Waals surface area contributed by atoms with E-state index in [9.17, 15) is 14.3 Å². The average molecular weight is 311 g/mol. The molecule has 2 aromatic carbocycles. The minimum Gasteiger partial charge on any atom is -0.399 e. The highest BCUT2D eigenvalue weighted by atomic mass is 35.5. The summed E-state index contributed by atoms with van der Waals surface area (Å²) in [6.07, 6.45) is 0. The van der Waals surface area contributed by atoms with Crippen LogP contribution in [-0.2, 0) is 16.6 Å². The second kappa shape index (κ2) is 6.02. The molecule has 0 saturated heterocycles. The number of rotatable bonds is 4. The van der Waals surface area contributed by atoms with Crippen molar-refractivity contribution in [1.29, 1.82) is 0 Å². The van der Waals surface area contributed by atoms with E-state index in [2.05, 4.69) is 0 Å². The lowest BCUT2D eigenvalue weighted by atomic mass is 10.2. The van der Waals surface area contributed by atoms with E-state index < -0.39 is 15.7 Å². The number of nitro benzene ring substituents is 1. The van der Waals surface area contributed by atoms with E-state index in [0.29, 0.717) is 15.6 Å². The normalized spacial score (nSPS) is 12.1. The van der Waals surface area contributed by atoms with Gasteiger partial charge in [0.1, 0.15) is 0 Å². The lowest BCUT2D eigenvalue weighted by Gasteiger charge is -2.05. The fourth-order valence-electron chi connectivity index (χ4n) is 1.62. The van der Waals surface area contributed by atoms with Gasteiger partial charge in [-0.25, -0.2) is 0 Å². The summed E-state index contributed by atoms with van der Waals surface area (Å²) < 4.78 is 12.2. The van der Waals surface area contributed by atoms with E-state index in [4.69, 9.17) is 17.3 Å². The monoisotopic (exact) mass is 310 g/mol. The number of hydrogen-bond acceptors (Lipinski definition) is 4. The van der Waals surface area contributed by atoms with Crippen LogP contribution in [0.4, 0.5) is 11.4 Å². The van der Waals surface area contributed by atoms with Gasteiger partial charge in [-0.3, -0.25) is 14.3 Å². The van der Waals surface area contributed by atoms with Crippen molar-refractivity contribution < 1.29 is 9.13 Å². The number of hydrogen-bond donors (Lipinski definition) is 1. The highest BCUT2D eigenvalue weighted by Gasteiger charge is 2.11. The molecule has 0 aliphatic carbocycles. The van der Waals surface area contributed by atoms with Gasteiger partial charge in [-0.2, -0.15) is 0 Å². The van der Waals surface area contributed by atoms with Crippen LogP contribution >= 0.6 is 11.6 Å². The SMILES string of the molecule is Nc1ccc(CS(=O)c2ccc([N+](=O)[O-])cc2)c(Cl)c1. The van der Waals surface area contributed by atoms with Gasteiger partial charge in [-0.15, -0.1) is 0 Å². The summed E-state index contributed by atoms with van der Waals surface area (Å²) in [6, 6.07) is 10.6. The van der Waals surface area contributed by atoms with Gasteiger partial charge >= 0.3 is 0 Å². The molecule has 2 N–H and O–H groups in total. The molecule has 0 saturated carbocycles. The van der Waals surface area contributed by atoms with Crippen LogP contribution in [0.2, 0.25) is 5.02 Å². The van der Waals surface area contributed by atoms with Crippen molar-refractivity contribution in [1.82, 2.24) is 0 Å². The minimum absolute atomic E-state index is 0.0312. The van der Waals surface area contributed by atoms with E-state index in [-0.39, 0.29) is 11.4 Å².